The van der Waals surface area contributed by atoms with Crippen molar-refractivity contribution >= 4 is 5.91 Å². The Labute approximate surface area is 99.7 Å². The van der Waals surface area contributed by atoms with Crippen LogP contribution < -0.4 is 5.32 Å². The number of hydrogen-bond donors (Lipinski definition) is 1. The van der Waals surface area contributed by atoms with Crippen molar-refractivity contribution in [2.45, 2.75) is 12.8 Å². The molecular formula is C13H14N2O2. The minimum atomic E-state index is -0.170. The predicted octanol–water partition coefficient (Wildman–Crippen LogP) is 2.04. The Bertz CT molecular complexity index is 452. The van der Waals surface area contributed by atoms with Gasteiger partial charge in [0.2, 0.25) is 0 Å². The Balaban J connectivity index is 1.69. The summed E-state index contributed by atoms with van der Waals surface area (Å²) in [7, 11) is 0. The van der Waals surface area contributed by atoms with E-state index in [2.05, 4.69) is 10.3 Å². The van der Waals surface area contributed by atoms with Gasteiger partial charge in [-0.25, -0.2) is 0 Å². The number of pyridine rings is 1. The molecule has 0 bridgehead atoms. The fourth-order valence-corrected chi connectivity index (χ4v) is 1.51. The standard InChI is InChI=1S/C13H14N2O2/c16-13(12-7-4-10-17-12)15-9-3-6-11-5-1-2-8-14-11/h1-2,4-5,7-8,10H,3,6,9H2,(H,15,16). The smallest absolute Gasteiger partial charge is 0.286 e. The number of nitrogens with zero attached hydrogens (tertiary/aromatic N) is 1. The van der Waals surface area contributed by atoms with Gasteiger partial charge in [-0.3, -0.25) is 9.78 Å². The molecule has 0 fully saturated rings. The average molecular weight is 230 g/mol. The van der Waals surface area contributed by atoms with Crippen molar-refractivity contribution in [3.63, 3.8) is 0 Å². The Morgan fingerprint density at radius 2 is 2.24 bits per heavy atom. The van der Waals surface area contributed by atoms with Crippen molar-refractivity contribution in [1.82, 2.24) is 10.3 Å². The molecule has 88 valence electrons. The Kier molecular flexibility index (Phi) is 3.91. The summed E-state index contributed by atoms with van der Waals surface area (Å²) in [6.07, 6.45) is 4.99. The van der Waals surface area contributed by atoms with Crippen molar-refractivity contribution in [1.29, 1.82) is 0 Å². The average Bonchev–Trinajstić information content (AvgIpc) is 2.89. The van der Waals surface area contributed by atoms with Crippen molar-refractivity contribution in [2.24, 2.45) is 0 Å². The zero-order chi connectivity index (χ0) is 11.9. The van der Waals surface area contributed by atoms with Crippen LogP contribution in [0.15, 0.2) is 47.2 Å². The maximum atomic E-state index is 11.5. The van der Waals surface area contributed by atoms with E-state index in [1.165, 1.54) is 6.26 Å². The molecule has 0 spiro atoms. The van der Waals surface area contributed by atoms with E-state index in [-0.39, 0.29) is 5.91 Å². The first-order valence-corrected chi connectivity index (χ1v) is 5.58. The van der Waals surface area contributed by atoms with Gasteiger partial charge in [0.25, 0.3) is 5.91 Å². The third-order valence-corrected chi connectivity index (χ3v) is 2.37. The quantitative estimate of drug-likeness (QED) is 0.800. The number of rotatable bonds is 5. The summed E-state index contributed by atoms with van der Waals surface area (Å²) in [6, 6.07) is 9.18. The molecule has 0 unspecified atom stereocenters. The normalized spacial score (nSPS) is 10.1. The highest BCUT2D eigenvalue weighted by atomic mass is 16.3. The Morgan fingerprint density at radius 3 is 2.94 bits per heavy atom. The minimum absolute atomic E-state index is 0.170. The van der Waals surface area contributed by atoms with Gasteiger partial charge < -0.3 is 9.73 Å². The highest BCUT2D eigenvalue weighted by molar-refractivity contribution is 5.91. The molecule has 0 aliphatic rings. The van der Waals surface area contributed by atoms with E-state index in [0.29, 0.717) is 12.3 Å². The van der Waals surface area contributed by atoms with Crippen LogP contribution in [0.2, 0.25) is 0 Å². The topological polar surface area (TPSA) is 55.1 Å². The van der Waals surface area contributed by atoms with Crippen LogP contribution in [0, 0.1) is 0 Å². The van der Waals surface area contributed by atoms with Gasteiger partial charge in [0.05, 0.1) is 6.26 Å². The molecule has 17 heavy (non-hydrogen) atoms. The molecular weight excluding hydrogens is 216 g/mol. The number of hydrogen-bond acceptors (Lipinski definition) is 3. The van der Waals surface area contributed by atoms with Gasteiger partial charge in [-0.05, 0) is 37.1 Å². The van der Waals surface area contributed by atoms with E-state index in [0.717, 1.165) is 18.5 Å². The van der Waals surface area contributed by atoms with Gasteiger partial charge in [0.1, 0.15) is 0 Å². The first kappa shape index (κ1) is 11.4. The molecule has 0 saturated carbocycles. The molecule has 1 amide bonds. The zero-order valence-corrected chi connectivity index (χ0v) is 9.43. The fraction of sp³-hybridized carbons (Fsp3) is 0.231. The third kappa shape index (κ3) is 3.45. The van der Waals surface area contributed by atoms with E-state index < -0.39 is 0 Å². The highest BCUT2D eigenvalue weighted by Gasteiger charge is 2.06. The number of nitrogens with one attached hydrogen (secondary N) is 1. The van der Waals surface area contributed by atoms with Gasteiger partial charge in [0, 0.05) is 18.4 Å². The SMILES string of the molecule is O=C(NCCCc1ccccn1)c1ccco1. The van der Waals surface area contributed by atoms with Crippen LogP contribution in [0.1, 0.15) is 22.7 Å². The van der Waals surface area contributed by atoms with Gasteiger partial charge in [-0.1, -0.05) is 6.07 Å². The van der Waals surface area contributed by atoms with E-state index in [1.54, 1.807) is 18.3 Å². The number of carbonyl (C=O) groups is 1. The molecule has 2 aromatic heterocycles. The molecule has 0 aromatic carbocycles. The maximum Gasteiger partial charge on any atom is 0.286 e. The first-order chi connectivity index (χ1) is 8.36. The lowest BCUT2D eigenvalue weighted by Crippen LogP contribution is -2.24. The largest absolute Gasteiger partial charge is 0.459 e. The molecule has 0 atom stereocenters. The molecule has 0 aliphatic heterocycles. The lowest BCUT2D eigenvalue weighted by Gasteiger charge is -2.02. The second-order valence-corrected chi connectivity index (χ2v) is 3.66. The zero-order valence-electron chi connectivity index (χ0n) is 9.43. The molecule has 4 heteroatoms. The second kappa shape index (κ2) is 5.84. The van der Waals surface area contributed by atoms with Crippen molar-refractivity contribution in [2.75, 3.05) is 6.54 Å². The van der Waals surface area contributed by atoms with E-state index in [9.17, 15) is 4.79 Å². The molecule has 1 N–H and O–H groups in total. The number of aromatic nitrogens is 1. The van der Waals surface area contributed by atoms with Crippen LogP contribution in [0.4, 0.5) is 0 Å². The van der Waals surface area contributed by atoms with Gasteiger partial charge in [-0.15, -0.1) is 0 Å². The second-order valence-electron chi connectivity index (χ2n) is 3.66. The lowest BCUT2D eigenvalue weighted by atomic mass is 10.2. The Morgan fingerprint density at radius 1 is 1.29 bits per heavy atom. The first-order valence-electron chi connectivity index (χ1n) is 5.58. The van der Waals surface area contributed by atoms with Crippen molar-refractivity contribution < 1.29 is 9.21 Å². The molecule has 2 heterocycles. The molecule has 0 aliphatic carbocycles. The summed E-state index contributed by atoms with van der Waals surface area (Å²) < 4.78 is 4.99. The van der Waals surface area contributed by atoms with Crippen molar-refractivity contribution in [3.8, 4) is 0 Å². The predicted molar refractivity (Wildman–Crippen MR) is 63.6 cm³/mol. The van der Waals surface area contributed by atoms with Gasteiger partial charge >= 0.3 is 0 Å². The van der Waals surface area contributed by atoms with Crippen LogP contribution in [-0.4, -0.2) is 17.4 Å². The highest BCUT2D eigenvalue weighted by Crippen LogP contribution is 2.00. The van der Waals surface area contributed by atoms with Gasteiger partial charge in [-0.2, -0.15) is 0 Å². The van der Waals surface area contributed by atoms with Crippen LogP contribution in [-0.2, 0) is 6.42 Å². The number of amides is 1. The molecule has 2 rings (SSSR count). The summed E-state index contributed by atoms with van der Waals surface area (Å²) in [6.45, 7) is 0.621. The number of carbonyl (C=O) groups excluding carboxylic acids is 1. The van der Waals surface area contributed by atoms with Crippen LogP contribution in [0.5, 0.6) is 0 Å². The van der Waals surface area contributed by atoms with Crippen LogP contribution in [0.3, 0.4) is 0 Å². The third-order valence-electron chi connectivity index (χ3n) is 2.37. The van der Waals surface area contributed by atoms with E-state index in [1.807, 2.05) is 18.2 Å². The number of aryl methyl sites for hydroxylation is 1. The summed E-state index contributed by atoms with van der Waals surface area (Å²) >= 11 is 0. The molecule has 4 nitrogen and oxygen atoms in total. The molecule has 0 saturated heterocycles. The number of furan rings is 1. The molecule has 2 aromatic rings. The van der Waals surface area contributed by atoms with Crippen LogP contribution >= 0.6 is 0 Å². The lowest BCUT2D eigenvalue weighted by molar-refractivity contribution is 0.0925. The molecule has 0 radical (unpaired) electrons. The van der Waals surface area contributed by atoms with Crippen molar-refractivity contribution in [3.05, 3.63) is 54.2 Å². The Hall–Kier alpha value is -2.10. The van der Waals surface area contributed by atoms with E-state index in [4.69, 9.17) is 4.42 Å². The summed E-state index contributed by atoms with van der Waals surface area (Å²) in [5.41, 5.74) is 1.04. The fourth-order valence-electron chi connectivity index (χ4n) is 1.51. The summed E-state index contributed by atoms with van der Waals surface area (Å²) in [5, 5.41) is 2.79. The van der Waals surface area contributed by atoms with Crippen LogP contribution in [0.25, 0.3) is 0 Å². The van der Waals surface area contributed by atoms with Gasteiger partial charge in [0.15, 0.2) is 5.76 Å². The minimum Gasteiger partial charge on any atom is -0.459 e. The maximum absolute atomic E-state index is 11.5. The van der Waals surface area contributed by atoms with E-state index >= 15 is 0 Å². The monoisotopic (exact) mass is 230 g/mol. The summed E-state index contributed by atoms with van der Waals surface area (Å²) in [4.78, 5) is 15.7. The summed E-state index contributed by atoms with van der Waals surface area (Å²) in [5.74, 6) is 0.179.